The lowest BCUT2D eigenvalue weighted by Gasteiger charge is -2.16. The van der Waals surface area contributed by atoms with E-state index in [0.717, 1.165) is 4.90 Å². The van der Waals surface area contributed by atoms with Gasteiger partial charge in [0.1, 0.15) is 24.1 Å². The Morgan fingerprint density at radius 3 is 2.83 bits per heavy atom. The summed E-state index contributed by atoms with van der Waals surface area (Å²) in [5.74, 6) is 0.292. The minimum Gasteiger partial charge on any atom is -0.494 e. The second kappa shape index (κ2) is 13.6. The van der Waals surface area contributed by atoms with Crippen LogP contribution < -0.4 is 14.8 Å². The lowest BCUT2D eigenvalue weighted by atomic mass is 10.0. The fraction of sp³-hybridized carbons (Fsp3) is 0.226. The molecule has 8 nitrogen and oxygen atoms in total. The van der Waals surface area contributed by atoms with E-state index in [4.69, 9.17) is 27.9 Å². The zero-order valence-corrected chi connectivity index (χ0v) is 22.7. The van der Waals surface area contributed by atoms with Gasteiger partial charge in [0.15, 0.2) is 5.78 Å². The van der Waals surface area contributed by atoms with E-state index in [9.17, 15) is 10.1 Å². The van der Waals surface area contributed by atoms with Crippen LogP contribution in [0.3, 0.4) is 0 Å². The highest BCUT2D eigenvalue weighted by atomic mass is 35.5. The van der Waals surface area contributed by atoms with Gasteiger partial charge in [-0.05, 0) is 63.4 Å². The molecule has 9 heteroatoms. The summed E-state index contributed by atoms with van der Waals surface area (Å²) in [5, 5.41) is 13.8. The number of carbonyl (C=O) groups excluding carboxylic acids is 1. The molecule has 0 fully saturated rings. The van der Waals surface area contributed by atoms with Gasteiger partial charge in [-0.3, -0.25) is 14.8 Å². The molecule has 0 saturated carbocycles. The van der Waals surface area contributed by atoms with Gasteiger partial charge in [-0.2, -0.15) is 5.26 Å². The molecule has 4 rings (SSSR count). The van der Waals surface area contributed by atoms with E-state index in [1.807, 2.05) is 6.92 Å². The standard InChI is InChI=1S/C31H30ClN5O3/c1-4-39-30-17-28-26(15-21(30)14-25(38)9-7-13-37(2)3)31(22(18-33)19-35-28)36-23-10-11-29(27(32)16-23)40-20-24-8-5-6-12-34-24/h5-12,15-17,19H,4,13-14,20H2,1-3H3,(H,35,36)/b9-7+/i2D3,20D2. The van der Waals surface area contributed by atoms with Crippen LogP contribution in [0.5, 0.6) is 11.5 Å². The number of allylic oxidation sites excluding steroid dienone is 1. The molecule has 0 unspecified atom stereocenters. The monoisotopic (exact) mass is 560 g/mol. The molecule has 0 radical (unpaired) electrons. The number of rotatable bonds is 12. The number of pyridine rings is 2. The molecule has 1 N–H and O–H groups in total. The second-order valence-electron chi connectivity index (χ2n) is 8.68. The van der Waals surface area contributed by atoms with Crippen molar-refractivity contribution in [2.24, 2.45) is 0 Å². The van der Waals surface area contributed by atoms with Gasteiger partial charge in [0.2, 0.25) is 0 Å². The molecule has 2 heterocycles. The number of nitrogens with zero attached hydrogens (tertiary/aromatic N) is 4. The van der Waals surface area contributed by atoms with Gasteiger partial charge >= 0.3 is 0 Å². The van der Waals surface area contributed by atoms with E-state index in [0.29, 0.717) is 40.2 Å². The fourth-order valence-corrected chi connectivity index (χ4v) is 4.06. The Hall–Kier alpha value is -4.45. The second-order valence-corrected chi connectivity index (χ2v) is 9.09. The molecule has 0 amide bonds. The van der Waals surface area contributed by atoms with E-state index in [1.54, 1.807) is 36.4 Å². The van der Waals surface area contributed by atoms with Crippen LogP contribution in [-0.4, -0.2) is 47.8 Å². The number of aromatic nitrogens is 2. The lowest BCUT2D eigenvalue weighted by Crippen LogP contribution is -2.11. The van der Waals surface area contributed by atoms with Crippen molar-refractivity contribution in [3.05, 3.63) is 94.9 Å². The largest absolute Gasteiger partial charge is 0.494 e. The normalized spacial score (nSPS) is 13.6. The van der Waals surface area contributed by atoms with Gasteiger partial charge in [0.05, 0.1) is 36.8 Å². The van der Waals surface area contributed by atoms with Crippen molar-refractivity contribution in [1.82, 2.24) is 14.9 Å². The van der Waals surface area contributed by atoms with Gasteiger partial charge in [-0.1, -0.05) is 23.7 Å². The highest BCUT2D eigenvalue weighted by Gasteiger charge is 2.16. The molecule has 40 heavy (non-hydrogen) atoms. The van der Waals surface area contributed by atoms with Crippen LogP contribution in [0.2, 0.25) is 5.02 Å². The van der Waals surface area contributed by atoms with Crippen molar-refractivity contribution < 1.29 is 21.1 Å². The quantitative estimate of drug-likeness (QED) is 0.207. The first kappa shape index (κ1) is 22.4. The zero-order valence-electron chi connectivity index (χ0n) is 26.9. The molecule has 0 aliphatic heterocycles. The number of hydrogen-bond donors (Lipinski definition) is 1. The third-order valence-electron chi connectivity index (χ3n) is 5.65. The predicted octanol–water partition coefficient (Wildman–Crippen LogP) is 6.11. The summed E-state index contributed by atoms with van der Waals surface area (Å²) < 4.78 is 50.2. The number of ketones is 1. The number of benzene rings is 2. The number of nitriles is 1. The first-order valence-corrected chi connectivity index (χ1v) is 12.8. The third-order valence-corrected chi connectivity index (χ3v) is 5.95. The predicted molar refractivity (Wildman–Crippen MR) is 157 cm³/mol. The number of halogens is 1. The third kappa shape index (κ3) is 7.35. The Morgan fingerprint density at radius 1 is 1.23 bits per heavy atom. The SMILES string of the molecule is [2H]C([2H])(Oc1ccc(Nc2c(C#N)cnc3cc(OCC)c(CC(=O)/C=C/CN(C)C([2H])([2H])[2H])cc23)cc1Cl)c1ccccn1. The van der Waals surface area contributed by atoms with Crippen LogP contribution in [-0.2, 0) is 17.8 Å². The molecule has 0 atom stereocenters. The molecule has 2 aromatic carbocycles. The van der Waals surface area contributed by atoms with Crippen LogP contribution in [0.15, 0.2) is 73.1 Å². The average molecular weight is 561 g/mol. The first-order valence-electron chi connectivity index (χ1n) is 14.9. The molecular formula is C31H30ClN5O3. The van der Waals surface area contributed by atoms with E-state index >= 15 is 0 Å². The Morgan fingerprint density at radius 2 is 2.10 bits per heavy atom. The van der Waals surface area contributed by atoms with Gasteiger partial charge < -0.3 is 19.7 Å². The Balaban J connectivity index is 1.64. The van der Waals surface area contributed by atoms with Gasteiger partial charge in [0.25, 0.3) is 0 Å². The van der Waals surface area contributed by atoms with E-state index in [-0.39, 0.29) is 40.8 Å². The maximum absolute atomic E-state index is 12.9. The fourth-order valence-electron chi connectivity index (χ4n) is 3.84. The van der Waals surface area contributed by atoms with Gasteiger partial charge in [-0.15, -0.1) is 0 Å². The first-order chi connectivity index (χ1) is 21.3. The molecule has 0 aliphatic rings. The van der Waals surface area contributed by atoms with E-state index in [1.165, 1.54) is 43.7 Å². The molecule has 0 aliphatic carbocycles. The van der Waals surface area contributed by atoms with Crippen molar-refractivity contribution in [2.45, 2.75) is 19.9 Å². The van der Waals surface area contributed by atoms with Gasteiger partial charge in [0, 0.05) is 52.2 Å². The zero-order chi connectivity index (χ0) is 32.8. The molecule has 0 spiro atoms. The molecule has 4 aromatic rings. The Bertz CT molecular complexity index is 1760. The average Bonchev–Trinajstić information content (AvgIpc) is 2.99. The Labute approximate surface area is 245 Å². The highest BCUT2D eigenvalue weighted by Crippen LogP contribution is 2.36. The number of hydrogen-bond acceptors (Lipinski definition) is 8. The maximum atomic E-state index is 12.9. The number of fused-ring (bicyclic) bond motifs is 1. The van der Waals surface area contributed by atoms with Crippen molar-refractivity contribution >= 4 is 39.7 Å². The molecule has 204 valence electrons. The van der Waals surface area contributed by atoms with Crippen molar-refractivity contribution in [3.63, 3.8) is 0 Å². The van der Waals surface area contributed by atoms with E-state index < -0.39 is 13.5 Å². The van der Waals surface area contributed by atoms with Crippen molar-refractivity contribution in [2.75, 3.05) is 32.5 Å². The van der Waals surface area contributed by atoms with Gasteiger partial charge in [-0.25, -0.2) is 0 Å². The number of nitrogens with one attached hydrogen (secondary N) is 1. The topological polar surface area (TPSA) is 100 Å². The molecule has 0 bridgehead atoms. The van der Waals surface area contributed by atoms with Crippen molar-refractivity contribution in [3.8, 4) is 17.6 Å². The number of carbonyl (C=O) groups is 1. The summed E-state index contributed by atoms with van der Waals surface area (Å²) in [5.41, 5.74) is 2.30. The smallest absolute Gasteiger partial charge is 0.159 e. The molecule has 2 aromatic heterocycles. The highest BCUT2D eigenvalue weighted by molar-refractivity contribution is 6.32. The summed E-state index contributed by atoms with van der Waals surface area (Å²) in [6.07, 6.45) is 5.69. The summed E-state index contributed by atoms with van der Waals surface area (Å²) in [6.45, 7) is -2.27. The van der Waals surface area contributed by atoms with Crippen LogP contribution in [0.25, 0.3) is 10.9 Å². The van der Waals surface area contributed by atoms with Crippen molar-refractivity contribution in [1.29, 1.82) is 5.26 Å². The van der Waals surface area contributed by atoms with Crippen LogP contribution in [0.1, 0.15) is 30.6 Å². The molecule has 0 saturated heterocycles. The van der Waals surface area contributed by atoms with Crippen LogP contribution in [0, 0.1) is 11.3 Å². The minimum atomic E-state index is -2.27. The summed E-state index contributed by atoms with van der Waals surface area (Å²) in [7, 11) is 1.45. The van der Waals surface area contributed by atoms with Crippen LogP contribution >= 0.6 is 11.6 Å². The molecular weight excluding hydrogens is 526 g/mol. The number of ether oxygens (including phenoxy) is 2. The maximum Gasteiger partial charge on any atom is 0.159 e. The minimum absolute atomic E-state index is 0.0361. The number of anilines is 2. The number of likely N-dealkylation sites (N-methyl/N-ethyl adjacent to an activating group) is 1. The Kier molecular flexibility index (Phi) is 7.59. The van der Waals surface area contributed by atoms with E-state index in [2.05, 4.69) is 21.4 Å². The summed E-state index contributed by atoms with van der Waals surface area (Å²) in [6, 6.07) is 15.1. The van der Waals surface area contributed by atoms with Crippen LogP contribution in [0.4, 0.5) is 11.4 Å². The summed E-state index contributed by atoms with van der Waals surface area (Å²) in [4.78, 5) is 22.4. The summed E-state index contributed by atoms with van der Waals surface area (Å²) >= 11 is 6.48. The lowest BCUT2D eigenvalue weighted by molar-refractivity contribution is -0.114.